The number of hydrogen-bond donors (Lipinski definition) is 0. The number of amides is 1. The van der Waals surface area contributed by atoms with Crippen LogP contribution < -0.4 is 4.90 Å². The van der Waals surface area contributed by atoms with E-state index in [0.717, 1.165) is 14.7 Å². The van der Waals surface area contributed by atoms with Crippen molar-refractivity contribution in [1.29, 1.82) is 0 Å². The number of para-hydroxylation sites is 1. The number of anilines is 1. The number of carbonyl (C=O) groups is 1. The molecular weight excluding hydrogens is 426 g/mol. The molecule has 0 unspecified atom stereocenters. The number of piperazine rings is 1. The minimum absolute atomic E-state index is 0.141. The average molecular weight is 448 g/mol. The van der Waals surface area contributed by atoms with Crippen LogP contribution in [0, 0.1) is 0 Å². The summed E-state index contributed by atoms with van der Waals surface area (Å²) in [5.74, 6) is 0.574. The number of rotatable bonds is 5. The minimum Gasteiger partial charge on any atom is -0.345 e. The highest BCUT2D eigenvalue weighted by Crippen LogP contribution is 2.33. The number of nitrogens with zero attached hydrogens (tertiary/aromatic N) is 3. The van der Waals surface area contributed by atoms with Crippen LogP contribution in [0.15, 0.2) is 58.3 Å². The highest BCUT2D eigenvalue weighted by molar-refractivity contribution is 8.00. The van der Waals surface area contributed by atoms with E-state index in [0.29, 0.717) is 37.4 Å². The predicted octanol–water partition coefficient (Wildman–Crippen LogP) is 3.14. The zero-order valence-corrected chi connectivity index (χ0v) is 18.4. The second-order valence-electron chi connectivity index (χ2n) is 6.84. The van der Waals surface area contributed by atoms with Crippen LogP contribution in [-0.2, 0) is 14.6 Å². The fourth-order valence-corrected chi connectivity index (χ4v) is 6.01. The van der Waals surface area contributed by atoms with Crippen LogP contribution in [-0.4, -0.2) is 62.4 Å². The number of carbonyl (C=O) groups excluding carboxylic acids is 1. The van der Waals surface area contributed by atoms with Crippen molar-refractivity contribution in [2.24, 2.45) is 0 Å². The number of fused-ring (bicyclic) bond motifs is 1. The first-order chi connectivity index (χ1) is 13.9. The normalized spacial score (nSPS) is 15.1. The lowest BCUT2D eigenvalue weighted by Gasteiger charge is -2.34. The van der Waals surface area contributed by atoms with Crippen LogP contribution in [0.4, 0.5) is 5.13 Å². The molecular formula is C20H21N3O3S3. The maximum Gasteiger partial charge on any atom is 0.233 e. The summed E-state index contributed by atoms with van der Waals surface area (Å²) in [5.41, 5.74) is 0.535. The number of benzene rings is 2. The SMILES string of the molecule is CS(=O)(=O)c1cccc2sc(N3CCN(C(=O)CSc4ccccc4)CC3)nc12. The molecule has 0 aliphatic carbocycles. The topological polar surface area (TPSA) is 70.6 Å². The van der Waals surface area contributed by atoms with Gasteiger partial charge in [0, 0.05) is 37.3 Å². The zero-order valence-electron chi connectivity index (χ0n) is 15.9. The molecule has 3 aromatic rings. The van der Waals surface area contributed by atoms with E-state index < -0.39 is 9.84 Å². The second kappa shape index (κ2) is 8.33. The van der Waals surface area contributed by atoms with E-state index in [1.54, 1.807) is 23.9 Å². The first kappa shape index (κ1) is 20.2. The highest BCUT2D eigenvalue weighted by Gasteiger charge is 2.24. The molecule has 1 fully saturated rings. The quantitative estimate of drug-likeness (QED) is 0.560. The molecule has 1 aliphatic rings. The van der Waals surface area contributed by atoms with Crippen molar-refractivity contribution >= 4 is 54.2 Å². The van der Waals surface area contributed by atoms with Crippen LogP contribution in [0.3, 0.4) is 0 Å². The van der Waals surface area contributed by atoms with E-state index in [1.807, 2.05) is 41.3 Å². The van der Waals surface area contributed by atoms with Crippen LogP contribution in [0.25, 0.3) is 10.2 Å². The molecule has 2 heterocycles. The van der Waals surface area contributed by atoms with Gasteiger partial charge in [0.2, 0.25) is 5.91 Å². The number of sulfone groups is 1. The van der Waals surface area contributed by atoms with Crippen molar-refractivity contribution in [2.75, 3.05) is 43.1 Å². The third kappa shape index (κ3) is 4.57. The van der Waals surface area contributed by atoms with Crippen molar-refractivity contribution < 1.29 is 13.2 Å². The summed E-state index contributed by atoms with van der Waals surface area (Å²) in [6.07, 6.45) is 1.21. The van der Waals surface area contributed by atoms with Crippen molar-refractivity contribution in [3.63, 3.8) is 0 Å². The lowest BCUT2D eigenvalue weighted by Crippen LogP contribution is -2.49. The van der Waals surface area contributed by atoms with Gasteiger partial charge in [-0.05, 0) is 24.3 Å². The van der Waals surface area contributed by atoms with Crippen LogP contribution >= 0.6 is 23.1 Å². The van der Waals surface area contributed by atoms with Gasteiger partial charge in [0.05, 0.1) is 15.3 Å². The molecule has 1 amide bonds. The number of thiazole rings is 1. The second-order valence-corrected chi connectivity index (χ2v) is 10.9. The lowest BCUT2D eigenvalue weighted by molar-refractivity contribution is -0.128. The summed E-state index contributed by atoms with van der Waals surface area (Å²) in [4.78, 5) is 22.5. The van der Waals surface area contributed by atoms with Gasteiger partial charge in [-0.1, -0.05) is 35.6 Å². The van der Waals surface area contributed by atoms with Gasteiger partial charge in [-0.2, -0.15) is 0 Å². The van der Waals surface area contributed by atoms with Gasteiger partial charge < -0.3 is 9.80 Å². The molecule has 152 valence electrons. The molecule has 0 bridgehead atoms. The summed E-state index contributed by atoms with van der Waals surface area (Å²) < 4.78 is 24.9. The fraction of sp³-hybridized carbons (Fsp3) is 0.300. The molecule has 0 radical (unpaired) electrons. The highest BCUT2D eigenvalue weighted by atomic mass is 32.2. The Morgan fingerprint density at radius 3 is 2.48 bits per heavy atom. The molecule has 0 atom stereocenters. The zero-order chi connectivity index (χ0) is 20.4. The first-order valence-corrected chi connectivity index (χ1v) is 12.9. The van der Waals surface area contributed by atoms with Crippen LogP contribution in [0.2, 0.25) is 0 Å². The molecule has 4 rings (SSSR count). The first-order valence-electron chi connectivity index (χ1n) is 9.22. The van der Waals surface area contributed by atoms with Gasteiger partial charge in [-0.15, -0.1) is 11.8 Å². The van der Waals surface area contributed by atoms with Crippen LogP contribution in [0.1, 0.15) is 0 Å². The molecule has 9 heteroatoms. The Kier molecular flexibility index (Phi) is 5.80. The van der Waals surface area contributed by atoms with E-state index in [9.17, 15) is 13.2 Å². The standard InChI is InChI=1S/C20H21N3O3S3/c1-29(25,26)17-9-5-8-16-19(17)21-20(28-16)23-12-10-22(11-13-23)18(24)14-27-15-6-3-2-4-7-15/h2-9H,10-14H2,1H3. The Labute approximate surface area is 178 Å². The Balaban J connectivity index is 1.40. The van der Waals surface area contributed by atoms with Crippen LogP contribution in [0.5, 0.6) is 0 Å². The molecule has 29 heavy (non-hydrogen) atoms. The molecule has 0 N–H and O–H groups in total. The lowest BCUT2D eigenvalue weighted by atomic mass is 10.3. The summed E-state index contributed by atoms with van der Waals surface area (Å²) in [5, 5.41) is 0.807. The third-order valence-electron chi connectivity index (χ3n) is 4.78. The molecule has 6 nitrogen and oxygen atoms in total. The van der Waals surface area contributed by atoms with E-state index in [2.05, 4.69) is 9.88 Å². The molecule has 2 aromatic carbocycles. The minimum atomic E-state index is -3.33. The maximum absolute atomic E-state index is 12.5. The van der Waals surface area contributed by atoms with Gasteiger partial charge in [0.25, 0.3) is 0 Å². The maximum atomic E-state index is 12.5. The molecule has 1 aliphatic heterocycles. The van der Waals surface area contributed by atoms with Gasteiger partial charge in [0.15, 0.2) is 15.0 Å². The Morgan fingerprint density at radius 2 is 1.79 bits per heavy atom. The Morgan fingerprint density at radius 1 is 1.07 bits per heavy atom. The van der Waals surface area contributed by atoms with Gasteiger partial charge in [-0.25, -0.2) is 13.4 Å². The summed E-state index contributed by atoms with van der Waals surface area (Å²) >= 11 is 3.05. The van der Waals surface area contributed by atoms with Crippen molar-refractivity contribution in [1.82, 2.24) is 9.88 Å². The molecule has 1 saturated heterocycles. The number of thioether (sulfide) groups is 1. The van der Waals surface area contributed by atoms with Crippen molar-refractivity contribution in [2.45, 2.75) is 9.79 Å². The van der Waals surface area contributed by atoms with Crippen molar-refractivity contribution in [3.05, 3.63) is 48.5 Å². The Hall–Kier alpha value is -2.10. The fourth-order valence-electron chi connectivity index (χ4n) is 3.25. The monoisotopic (exact) mass is 447 g/mol. The van der Waals surface area contributed by atoms with E-state index in [-0.39, 0.29) is 10.8 Å². The van der Waals surface area contributed by atoms with Gasteiger partial charge >= 0.3 is 0 Å². The Bertz CT molecular complexity index is 1120. The van der Waals surface area contributed by atoms with Gasteiger partial charge in [0.1, 0.15) is 5.52 Å². The van der Waals surface area contributed by atoms with E-state index in [1.165, 1.54) is 17.6 Å². The summed E-state index contributed by atoms with van der Waals surface area (Å²) in [6.45, 7) is 2.66. The molecule has 0 saturated carbocycles. The number of hydrogen-bond acceptors (Lipinski definition) is 7. The van der Waals surface area contributed by atoms with E-state index in [4.69, 9.17) is 0 Å². The smallest absolute Gasteiger partial charge is 0.233 e. The molecule has 1 aromatic heterocycles. The van der Waals surface area contributed by atoms with E-state index >= 15 is 0 Å². The average Bonchev–Trinajstić information content (AvgIpc) is 3.16. The van der Waals surface area contributed by atoms with Gasteiger partial charge in [-0.3, -0.25) is 4.79 Å². The molecule has 0 spiro atoms. The summed E-state index contributed by atoms with van der Waals surface area (Å²) in [6, 6.07) is 15.2. The summed E-state index contributed by atoms with van der Waals surface area (Å²) in [7, 11) is -3.33. The largest absolute Gasteiger partial charge is 0.345 e. The predicted molar refractivity (Wildman–Crippen MR) is 119 cm³/mol. The third-order valence-corrected chi connectivity index (χ3v) is 7.99. The number of aromatic nitrogens is 1. The van der Waals surface area contributed by atoms with Crippen molar-refractivity contribution in [3.8, 4) is 0 Å².